The van der Waals surface area contributed by atoms with Crippen molar-refractivity contribution in [3.8, 4) is 0 Å². The zero-order valence-electron chi connectivity index (χ0n) is 11.5. The Bertz CT molecular complexity index is 761. The van der Waals surface area contributed by atoms with E-state index in [0.29, 0.717) is 5.76 Å². The van der Waals surface area contributed by atoms with Gasteiger partial charge in [-0.25, -0.2) is 4.39 Å². The van der Waals surface area contributed by atoms with Gasteiger partial charge in [0.2, 0.25) is 0 Å². The minimum Gasteiger partial charge on any atom is -0.459 e. The van der Waals surface area contributed by atoms with Crippen LogP contribution in [0.5, 0.6) is 0 Å². The van der Waals surface area contributed by atoms with Crippen molar-refractivity contribution in [2.75, 3.05) is 0 Å². The highest BCUT2D eigenvalue weighted by Crippen LogP contribution is 2.23. The number of hydrogen-bond donors (Lipinski definition) is 1. The zero-order chi connectivity index (χ0) is 14.8. The van der Waals surface area contributed by atoms with Crippen LogP contribution in [-0.4, -0.2) is 5.91 Å². The number of hydrogen-bond acceptors (Lipinski definition) is 2. The Morgan fingerprint density at radius 1 is 1.14 bits per heavy atom. The van der Waals surface area contributed by atoms with Gasteiger partial charge in [-0.3, -0.25) is 4.79 Å². The molecule has 0 unspecified atom stereocenters. The number of amides is 1. The van der Waals surface area contributed by atoms with E-state index in [-0.39, 0.29) is 11.6 Å². The predicted octanol–water partition coefficient (Wildman–Crippen LogP) is 4.06. The highest BCUT2D eigenvalue weighted by Gasteiger charge is 2.17. The summed E-state index contributed by atoms with van der Waals surface area (Å²) in [5.41, 5.74) is 0.792. The van der Waals surface area contributed by atoms with Crippen molar-refractivity contribution >= 4 is 16.9 Å². The monoisotopic (exact) mass is 283 g/mol. The van der Waals surface area contributed by atoms with Gasteiger partial charge in [-0.05, 0) is 31.2 Å². The standard InChI is InChI=1S/C17H14FNO2/c1-11(16-10-12-6-2-5-9-15(12)21-16)19-17(20)13-7-3-4-8-14(13)18/h2-11H,1H3,(H,19,20)/t11-/m0/s1. The lowest BCUT2D eigenvalue weighted by molar-refractivity contribution is 0.0931. The SMILES string of the molecule is C[C@H](NC(=O)c1ccccc1F)c1cc2ccccc2o1. The Balaban J connectivity index is 1.81. The highest BCUT2D eigenvalue weighted by molar-refractivity contribution is 5.94. The number of halogens is 1. The summed E-state index contributed by atoms with van der Waals surface area (Å²) in [4.78, 5) is 12.1. The summed E-state index contributed by atoms with van der Waals surface area (Å²) in [6.07, 6.45) is 0. The van der Waals surface area contributed by atoms with E-state index in [0.717, 1.165) is 11.0 Å². The third-order valence-electron chi connectivity index (χ3n) is 3.34. The topological polar surface area (TPSA) is 42.2 Å². The summed E-state index contributed by atoms with van der Waals surface area (Å²) in [6.45, 7) is 1.80. The number of carbonyl (C=O) groups is 1. The summed E-state index contributed by atoms with van der Waals surface area (Å²) in [6, 6.07) is 15.0. The van der Waals surface area contributed by atoms with Crippen molar-refractivity contribution < 1.29 is 13.6 Å². The van der Waals surface area contributed by atoms with Crippen LogP contribution in [0.3, 0.4) is 0 Å². The van der Waals surface area contributed by atoms with Crippen LogP contribution in [-0.2, 0) is 0 Å². The average Bonchev–Trinajstić information content (AvgIpc) is 2.91. The summed E-state index contributed by atoms with van der Waals surface area (Å²) in [7, 11) is 0. The fraction of sp³-hybridized carbons (Fsp3) is 0.118. The van der Waals surface area contributed by atoms with Gasteiger partial charge >= 0.3 is 0 Å². The Kier molecular flexibility index (Phi) is 3.44. The molecular formula is C17H14FNO2. The second-order valence-electron chi connectivity index (χ2n) is 4.86. The van der Waals surface area contributed by atoms with Crippen LogP contribution < -0.4 is 5.32 Å². The minimum absolute atomic E-state index is 0.0282. The van der Waals surface area contributed by atoms with Gasteiger partial charge in [0.05, 0.1) is 11.6 Å². The van der Waals surface area contributed by atoms with Gasteiger partial charge in [0.25, 0.3) is 5.91 Å². The molecule has 3 nitrogen and oxygen atoms in total. The first-order valence-electron chi connectivity index (χ1n) is 6.69. The van der Waals surface area contributed by atoms with E-state index < -0.39 is 11.7 Å². The largest absolute Gasteiger partial charge is 0.459 e. The fourth-order valence-corrected chi connectivity index (χ4v) is 2.21. The van der Waals surface area contributed by atoms with Gasteiger partial charge in [-0.1, -0.05) is 30.3 Å². The van der Waals surface area contributed by atoms with Crippen molar-refractivity contribution in [3.05, 3.63) is 71.7 Å². The van der Waals surface area contributed by atoms with Crippen LogP contribution in [0.25, 0.3) is 11.0 Å². The zero-order valence-corrected chi connectivity index (χ0v) is 11.5. The van der Waals surface area contributed by atoms with Crippen LogP contribution in [0.1, 0.15) is 29.1 Å². The summed E-state index contributed by atoms with van der Waals surface area (Å²) in [5, 5.41) is 3.71. The van der Waals surface area contributed by atoms with E-state index >= 15 is 0 Å². The van der Waals surface area contributed by atoms with Gasteiger partial charge in [-0.2, -0.15) is 0 Å². The number of furan rings is 1. The smallest absolute Gasteiger partial charge is 0.254 e. The van der Waals surface area contributed by atoms with Gasteiger partial charge in [0, 0.05) is 5.39 Å². The molecule has 1 amide bonds. The molecule has 4 heteroatoms. The summed E-state index contributed by atoms with van der Waals surface area (Å²) < 4.78 is 19.3. The molecular weight excluding hydrogens is 269 g/mol. The van der Waals surface area contributed by atoms with E-state index in [2.05, 4.69) is 5.32 Å². The number of benzene rings is 2. The molecule has 0 aliphatic rings. The maximum absolute atomic E-state index is 13.6. The van der Waals surface area contributed by atoms with Crippen molar-refractivity contribution in [2.24, 2.45) is 0 Å². The lowest BCUT2D eigenvalue weighted by Gasteiger charge is -2.11. The van der Waals surface area contributed by atoms with Crippen LogP contribution in [0.2, 0.25) is 0 Å². The van der Waals surface area contributed by atoms with Crippen LogP contribution in [0.4, 0.5) is 4.39 Å². The van der Waals surface area contributed by atoms with E-state index in [9.17, 15) is 9.18 Å². The molecule has 21 heavy (non-hydrogen) atoms. The number of para-hydroxylation sites is 1. The van der Waals surface area contributed by atoms with Crippen molar-refractivity contribution in [1.29, 1.82) is 0 Å². The van der Waals surface area contributed by atoms with Crippen LogP contribution >= 0.6 is 0 Å². The number of nitrogens with one attached hydrogen (secondary N) is 1. The number of carbonyl (C=O) groups excluding carboxylic acids is 1. The number of fused-ring (bicyclic) bond motifs is 1. The third-order valence-corrected chi connectivity index (χ3v) is 3.34. The molecule has 0 aliphatic carbocycles. The van der Waals surface area contributed by atoms with Crippen molar-refractivity contribution in [1.82, 2.24) is 5.32 Å². The van der Waals surface area contributed by atoms with E-state index in [1.807, 2.05) is 30.3 Å². The quantitative estimate of drug-likeness (QED) is 0.787. The lowest BCUT2D eigenvalue weighted by atomic mass is 10.1. The maximum Gasteiger partial charge on any atom is 0.254 e. The average molecular weight is 283 g/mol. The van der Waals surface area contributed by atoms with Crippen molar-refractivity contribution in [2.45, 2.75) is 13.0 Å². The molecule has 0 spiro atoms. The maximum atomic E-state index is 13.6. The minimum atomic E-state index is -0.535. The molecule has 0 bridgehead atoms. The Labute approximate surface area is 121 Å². The first kappa shape index (κ1) is 13.4. The second-order valence-corrected chi connectivity index (χ2v) is 4.86. The molecule has 2 aromatic carbocycles. The molecule has 106 valence electrons. The Morgan fingerprint density at radius 2 is 1.86 bits per heavy atom. The first-order chi connectivity index (χ1) is 10.1. The Hall–Kier alpha value is -2.62. The van der Waals surface area contributed by atoms with Crippen LogP contribution in [0.15, 0.2) is 59.0 Å². The summed E-state index contributed by atoms with van der Waals surface area (Å²) in [5.74, 6) is -0.353. The van der Waals surface area contributed by atoms with Gasteiger partial charge in [-0.15, -0.1) is 0 Å². The molecule has 1 N–H and O–H groups in total. The van der Waals surface area contributed by atoms with Gasteiger partial charge in [0.15, 0.2) is 0 Å². The highest BCUT2D eigenvalue weighted by atomic mass is 19.1. The molecule has 0 saturated carbocycles. The summed E-state index contributed by atoms with van der Waals surface area (Å²) >= 11 is 0. The second kappa shape index (κ2) is 5.40. The van der Waals surface area contributed by atoms with E-state index in [4.69, 9.17) is 4.42 Å². The first-order valence-corrected chi connectivity index (χ1v) is 6.69. The molecule has 1 aromatic heterocycles. The van der Waals surface area contributed by atoms with Crippen LogP contribution in [0, 0.1) is 5.82 Å². The number of rotatable bonds is 3. The molecule has 1 heterocycles. The Morgan fingerprint density at radius 3 is 2.62 bits per heavy atom. The molecule has 0 saturated heterocycles. The third kappa shape index (κ3) is 2.65. The predicted molar refractivity (Wildman–Crippen MR) is 78.5 cm³/mol. The van der Waals surface area contributed by atoms with E-state index in [1.54, 1.807) is 19.1 Å². The molecule has 0 radical (unpaired) electrons. The normalized spacial score (nSPS) is 12.3. The van der Waals surface area contributed by atoms with Gasteiger partial charge in [0.1, 0.15) is 17.2 Å². The molecule has 3 aromatic rings. The fourth-order valence-electron chi connectivity index (χ4n) is 2.21. The van der Waals surface area contributed by atoms with E-state index in [1.165, 1.54) is 12.1 Å². The van der Waals surface area contributed by atoms with Crippen molar-refractivity contribution in [3.63, 3.8) is 0 Å². The molecule has 0 aliphatic heterocycles. The van der Waals surface area contributed by atoms with Gasteiger partial charge < -0.3 is 9.73 Å². The molecule has 1 atom stereocenters. The molecule has 3 rings (SSSR count). The molecule has 0 fully saturated rings. The lowest BCUT2D eigenvalue weighted by Crippen LogP contribution is -2.27.